The first kappa shape index (κ1) is 15.7. The molecule has 1 N–H and O–H groups in total. The van der Waals surface area contributed by atoms with Crippen LogP contribution in [0.5, 0.6) is 0 Å². The highest BCUT2D eigenvalue weighted by Crippen LogP contribution is 2.15. The lowest BCUT2D eigenvalue weighted by Gasteiger charge is -2.09. The lowest BCUT2D eigenvalue weighted by atomic mass is 10.2. The van der Waals surface area contributed by atoms with Crippen LogP contribution in [-0.4, -0.2) is 30.0 Å². The van der Waals surface area contributed by atoms with Crippen LogP contribution in [0.3, 0.4) is 0 Å². The molecule has 6 heteroatoms. The smallest absolute Gasteiger partial charge is 0.287 e. The fourth-order valence-electron chi connectivity index (χ4n) is 1.61. The van der Waals surface area contributed by atoms with Gasteiger partial charge in [-0.1, -0.05) is 17.7 Å². The van der Waals surface area contributed by atoms with Crippen molar-refractivity contribution >= 4 is 17.3 Å². The van der Waals surface area contributed by atoms with Gasteiger partial charge in [0.15, 0.2) is 0 Å². The van der Waals surface area contributed by atoms with Crippen molar-refractivity contribution in [3.63, 3.8) is 0 Å². The van der Waals surface area contributed by atoms with Crippen molar-refractivity contribution in [2.75, 3.05) is 25.6 Å². The van der Waals surface area contributed by atoms with Crippen molar-refractivity contribution < 1.29 is 4.74 Å². The first-order chi connectivity index (χ1) is 9.20. The molecule has 0 aliphatic rings. The Morgan fingerprint density at radius 1 is 1.53 bits per heavy atom. The molecule has 1 heterocycles. The third-order valence-electron chi connectivity index (χ3n) is 2.63. The summed E-state index contributed by atoms with van der Waals surface area (Å²) in [5.41, 5.74) is 0.282. The molecule has 1 aromatic rings. The van der Waals surface area contributed by atoms with Gasteiger partial charge in [0.1, 0.15) is 5.02 Å². The molecule has 0 aliphatic carbocycles. The van der Waals surface area contributed by atoms with Crippen LogP contribution in [0.2, 0.25) is 5.02 Å². The van der Waals surface area contributed by atoms with Crippen molar-refractivity contribution in [1.82, 2.24) is 9.78 Å². The maximum absolute atomic E-state index is 11.8. The molecular weight excluding hydrogens is 266 g/mol. The Kier molecular flexibility index (Phi) is 7.22. The van der Waals surface area contributed by atoms with E-state index in [1.54, 1.807) is 19.4 Å². The van der Waals surface area contributed by atoms with Crippen LogP contribution in [-0.2, 0) is 11.3 Å². The summed E-state index contributed by atoms with van der Waals surface area (Å²) in [5.74, 6) is 0. The third kappa shape index (κ3) is 5.04. The number of allylic oxidation sites excluding steroid dienone is 1. The normalized spacial score (nSPS) is 10.4. The van der Waals surface area contributed by atoms with Gasteiger partial charge in [0, 0.05) is 20.3 Å². The molecule has 0 radical (unpaired) electrons. The number of methoxy groups -OCH3 is 1. The van der Waals surface area contributed by atoms with Gasteiger partial charge in [0.2, 0.25) is 0 Å². The zero-order valence-electron chi connectivity index (χ0n) is 11.2. The topological polar surface area (TPSA) is 56.1 Å². The molecule has 0 atom stereocenters. The molecule has 0 spiro atoms. The van der Waals surface area contributed by atoms with E-state index in [-0.39, 0.29) is 10.6 Å². The Labute approximate surface area is 118 Å². The molecule has 0 saturated heterocycles. The number of unbranched alkanes of at least 4 members (excludes halogenated alkanes) is 2. The minimum atomic E-state index is -0.300. The number of aromatic nitrogens is 2. The SMILES string of the molecule is C=CCn1ncc(NCCCCCOC)c(Cl)c1=O. The lowest BCUT2D eigenvalue weighted by Crippen LogP contribution is -2.23. The van der Waals surface area contributed by atoms with Crippen LogP contribution in [0.1, 0.15) is 19.3 Å². The number of halogens is 1. The van der Waals surface area contributed by atoms with E-state index >= 15 is 0 Å². The fourth-order valence-corrected chi connectivity index (χ4v) is 1.83. The summed E-state index contributed by atoms with van der Waals surface area (Å²) in [7, 11) is 1.70. The Balaban J connectivity index is 2.48. The summed E-state index contributed by atoms with van der Waals surface area (Å²) in [4.78, 5) is 11.8. The number of hydrogen-bond donors (Lipinski definition) is 1. The van der Waals surface area contributed by atoms with Gasteiger partial charge in [-0.3, -0.25) is 4.79 Å². The van der Waals surface area contributed by atoms with E-state index in [0.717, 1.165) is 32.4 Å². The van der Waals surface area contributed by atoms with E-state index in [2.05, 4.69) is 17.0 Å². The Morgan fingerprint density at radius 2 is 2.32 bits per heavy atom. The highest BCUT2D eigenvalue weighted by molar-refractivity contribution is 6.32. The molecule has 0 amide bonds. The largest absolute Gasteiger partial charge is 0.385 e. The minimum absolute atomic E-state index is 0.175. The van der Waals surface area contributed by atoms with Gasteiger partial charge in [-0.15, -0.1) is 6.58 Å². The number of anilines is 1. The second-order valence-corrected chi connectivity index (χ2v) is 4.51. The van der Waals surface area contributed by atoms with Crippen LogP contribution in [0.25, 0.3) is 0 Å². The minimum Gasteiger partial charge on any atom is -0.385 e. The zero-order chi connectivity index (χ0) is 14.1. The summed E-state index contributed by atoms with van der Waals surface area (Å²) in [5, 5.41) is 7.32. The molecule has 0 unspecified atom stereocenters. The van der Waals surface area contributed by atoms with Crippen LogP contribution < -0.4 is 10.9 Å². The molecule has 0 aromatic carbocycles. The predicted molar refractivity (Wildman–Crippen MR) is 77.9 cm³/mol. The van der Waals surface area contributed by atoms with E-state index in [0.29, 0.717) is 12.2 Å². The summed E-state index contributed by atoms with van der Waals surface area (Å²) >= 11 is 6.01. The first-order valence-electron chi connectivity index (χ1n) is 6.30. The van der Waals surface area contributed by atoms with Gasteiger partial charge in [-0.2, -0.15) is 5.10 Å². The maximum atomic E-state index is 11.8. The van der Waals surface area contributed by atoms with Gasteiger partial charge < -0.3 is 10.1 Å². The van der Waals surface area contributed by atoms with Gasteiger partial charge in [-0.25, -0.2) is 4.68 Å². The first-order valence-corrected chi connectivity index (χ1v) is 6.67. The summed E-state index contributed by atoms with van der Waals surface area (Å²) in [6.07, 6.45) is 6.27. The van der Waals surface area contributed by atoms with Gasteiger partial charge in [0.05, 0.1) is 18.4 Å². The van der Waals surface area contributed by atoms with Crippen molar-refractivity contribution in [2.24, 2.45) is 0 Å². The van der Waals surface area contributed by atoms with Crippen molar-refractivity contribution in [3.8, 4) is 0 Å². The number of hydrogen-bond acceptors (Lipinski definition) is 4. The van der Waals surface area contributed by atoms with E-state index in [9.17, 15) is 4.79 Å². The summed E-state index contributed by atoms with van der Waals surface area (Å²) in [6.45, 7) is 5.46. The fraction of sp³-hybridized carbons (Fsp3) is 0.538. The Morgan fingerprint density at radius 3 is 3.00 bits per heavy atom. The lowest BCUT2D eigenvalue weighted by molar-refractivity contribution is 0.192. The van der Waals surface area contributed by atoms with Crippen molar-refractivity contribution in [3.05, 3.63) is 34.2 Å². The zero-order valence-corrected chi connectivity index (χ0v) is 11.9. The molecular formula is C13H20ClN3O2. The highest BCUT2D eigenvalue weighted by atomic mass is 35.5. The average Bonchev–Trinajstić information content (AvgIpc) is 2.41. The van der Waals surface area contributed by atoms with Crippen LogP contribution in [0.4, 0.5) is 5.69 Å². The third-order valence-corrected chi connectivity index (χ3v) is 2.99. The molecule has 1 aromatic heterocycles. The maximum Gasteiger partial charge on any atom is 0.287 e. The number of ether oxygens (including phenoxy) is 1. The van der Waals surface area contributed by atoms with Crippen LogP contribution in [0.15, 0.2) is 23.6 Å². The number of nitrogens with one attached hydrogen (secondary N) is 1. The predicted octanol–water partition coefficient (Wildman–Crippen LogP) is 2.31. The average molecular weight is 286 g/mol. The second kappa shape index (κ2) is 8.72. The Hall–Kier alpha value is -1.33. The number of nitrogens with zero attached hydrogens (tertiary/aromatic N) is 2. The quantitative estimate of drug-likeness (QED) is 0.559. The second-order valence-electron chi connectivity index (χ2n) is 4.13. The van der Waals surface area contributed by atoms with Gasteiger partial charge in [0.25, 0.3) is 5.56 Å². The van der Waals surface area contributed by atoms with Crippen LogP contribution >= 0.6 is 11.6 Å². The molecule has 0 fully saturated rings. The molecule has 5 nitrogen and oxygen atoms in total. The Bertz CT molecular complexity index is 460. The molecule has 1 rings (SSSR count). The molecule has 19 heavy (non-hydrogen) atoms. The van der Waals surface area contributed by atoms with Gasteiger partial charge in [-0.05, 0) is 19.3 Å². The molecule has 106 valence electrons. The van der Waals surface area contributed by atoms with E-state index in [1.807, 2.05) is 0 Å². The monoisotopic (exact) mass is 285 g/mol. The standard InChI is InChI=1S/C13H20ClN3O2/c1-3-8-17-13(18)12(14)11(10-16-17)15-7-5-4-6-9-19-2/h3,10,15H,1,4-9H2,2H3. The molecule has 0 bridgehead atoms. The van der Waals surface area contributed by atoms with E-state index in [1.165, 1.54) is 4.68 Å². The van der Waals surface area contributed by atoms with E-state index in [4.69, 9.17) is 16.3 Å². The summed E-state index contributed by atoms with van der Waals surface area (Å²) < 4.78 is 6.25. The van der Waals surface area contributed by atoms with Crippen molar-refractivity contribution in [1.29, 1.82) is 0 Å². The van der Waals surface area contributed by atoms with Gasteiger partial charge >= 0.3 is 0 Å². The number of rotatable bonds is 9. The van der Waals surface area contributed by atoms with E-state index < -0.39 is 0 Å². The molecule has 0 aliphatic heterocycles. The molecule has 0 saturated carbocycles. The van der Waals surface area contributed by atoms with Crippen LogP contribution in [0, 0.1) is 0 Å². The summed E-state index contributed by atoms with van der Waals surface area (Å²) in [6, 6.07) is 0. The highest BCUT2D eigenvalue weighted by Gasteiger charge is 2.07. The van der Waals surface area contributed by atoms with Crippen molar-refractivity contribution in [2.45, 2.75) is 25.8 Å².